The summed E-state index contributed by atoms with van der Waals surface area (Å²) in [6.07, 6.45) is 4.63. The van der Waals surface area contributed by atoms with Gasteiger partial charge in [-0.2, -0.15) is 0 Å². The number of nitrogens with one attached hydrogen (secondary N) is 1. The maximum atomic E-state index is 12.8. The Morgan fingerprint density at radius 1 is 1.33 bits per heavy atom. The molecule has 1 aliphatic rings. The number of likely N-dealkylation sites (N-methyl/N-ethyl adjacent to an activating group) is 1. The standard InChI is InChI=1S/C16H20N4O/c1-17-7-6-13-4-2-3-5-14(13)16(21)20-11-10-19-9-8-18-15(19)12-20/h2-5,8-9,17H,6-7,10-12H2,1H3. The number of carbonyl (C=O) groups is 1. The molecule has 1 amide bonds. The first kappa shape index (κ1) is 13.8. The van der Waals surface area contributed by atoms with Gasteiger partial charge in [0.1, 0.15) is 5.82 Å². The highest BCUT2D eigenvalue weighted by Gasteiger charge is 2.23. The Kier molecular flexibility index (Phi) is 4.01. The van der Waals surface area contributed by atoms with Gasteiger partial charge < -0.3 is 14.8 Å². The number of amides is 1. The van der Waals surface area contributed by atoms with Crippen molar-refractivity contribution in [2.24, 2.45) is 0 Å². The molecule has 0 unspecified atom stereocenters. The summed E-state index contributed by atoms with van der Waals surface area (Å²) in [5, 5.41) is 3.13. The molecule has 5 heteroatoms. The van der Waals surface area contributed by atoms with Gasteiger partial charge in [0.05, 0.1) is 6.54 Å². The van der Waals surface area contributed by atoms with Crippen LogP contribution in [-0.2, 0) is 19.5 Å². The first-order valence-electron chi connectivity index (χ1n) is 7.31. The molecule has 0 bridgehead atoms. The van der Waals surface area contributed by atoms with Gasteiger partial charge in [-0.25, -0.2) is 4.98 Å². The Bertz CT molecular complexity index is 635. The van der Waals surface area contributed by atoms with Gasteiger partial charge in [-0.05, 0) is 31.6 Å². The number of rotatable bonds is 4. The van der Waals surface area contributed by atoms with Crippen LogP contribution in [0.25, 0.3) is 0 Å². The van der Waals surface area contributed by atoms with E-state index in [0.717, 1.165) is 43.0 Å². The highest BCUT2D eigenvalue weighted by atomic mass is 16.2. The van der Waals surface area contributed by atoms with Crippen LogP contribution in [-0.4, -0.2) is 40.5 Å². The summed E-state index contributed by atoms with van der Waals surface area (Å²) in [5.74, 6) is 1.07. The number of nitrogens with zero attached hydrogens (tertiary/aromatic N) is 3. The van der Waals surface area contributed by atoms with E-state index in [1.54, 1.807) is 6.20 Å². The monoisotopic (exact) mass is 284 g/mol. The van der Waals surface area contributed by atoms with Crippen molar-refractivity contribution in [3.8, 4) is 0 Å². The van der Waals surface area contributed by atoms with Crippen molar-refractivity contribution in [3.05, 3.63) is 53.6 Å². The van der Waals surface area contributed by atoms with Crippen LogP contribution in [0, 0.1) is 0 Å². The van der Waals surface area contributed by atoms with Crippen LogP contribution in [0.1, 0.15) is 21.7 Å². The minimum atomic E-state index is 0.107. The third-order valence-corrected chi connectivity index (χ3v) is 3.92. The molecule has 0 radical (unpaired) electrons. The number of benzene rings is 1. The van der Waals surface area contributed by atoms with E-state index in [9.17, 15) is 4.79 Å². The lowest BCUT2D eigenvalue weighted by atomic mass is 10.0. The highest BCUT2D eigenvalue weighted by molar-refractivity contribution is 5.95. The third kappa shape index (κ3) is 2.83. The molecule has 0 atom stereocenters. The molecule has 0 fully saturated rings. The van der Waals surface area contributed by atoms with Crippen LogP contribution in [0.2, 0.25) is 0 Å². The quantitative estimate of drug-likeness (QED) is 0.921. The van der Waals surface area contributed by atoms with Crippen molar-refractivity contribution in [2.45, 2.75) is 19.5 Å². The average Bonchev–Trinajstić information content (AvgIpc) is 3.00. The van der Waals surface area contributed by atoms with E-state index in [1.807, 2.05) is 42.4 Å². The summed E-state index contributed by atoms with van der Waals surface area (Å²) >= 11 is 0. The SMILES string of the molecule is CNCCc1ccccc1C(=O)N1CCn2ccnc2C1. The second-order valence-corrected chi connectivity index (χ2v) is 5.27. The summed E-state index contributed by atoms with van der Waals surface area (Å²) in [5.41, 5.74) is 1.92. The van der Waals surface area contributed by atoms with E-state index in [1.165, 1.54) is 0 Å². The first-order valence-corrected chi connectivity index (χ1v) is 7.31. The van der Waals surface area contributed by atoms with Gasteiger partial charge in [0.2, 0.25) is 0 Å². The summed E-state index contributed by atoms with van der Waals surface area (Å²) < 4.78 is 2.11. The molecule has 1 aromatic carbocycles. The minimum Gasteiger partial charge on any atom is -0.332 e. The number of hydrogen-bond donors (Lipinski definition) is 1. The van der Waals surface area contributed by atoms with Crippen molar-refractivity contribution in [1.29, 1.82) is 0 Å². The van der Waals surface area contributed by atoms with Gasteiger partial charge in [-0.1, -0.05) is 18.2 Å². The third-order valence-electron chi connectivity index (χ3n) is 3.92. The van der Waals surface area contributed by atoms with Crippen molar-refractivity contribution >= 4 is 5.91 Å². The van der Waals surface area contributed by atoms with E-state index < -0.39 is 0 Å². The summed E-state index contributed by atoms with van der Waals surface area (Å²) in [7, 11) is 1.93. The van der Waals surface area contributed by atoms with Gasteiger partial charge in [0, 0.05) is 31.0 Å². The van der Waals surface area contributed by atoms with Crippen LogP contribution in [0.5, 0.6) is 0 Å². The Hall–Kier alpha value is -2.14. The number of carbonyl (C=O) groups excluding carboxylic acids is 1. The Labute approximate surface area is 124 Å². The Balaban J connectivity index is 1.80. The smallest absolute Gasteiger partial charge is 0.254 e. The van der Waals surface area contributed by atoms with Crippen LogP contribution in [0.4, 0.5) is 0 Å². The van der Waals surface area contributed by atoms with Gasteiger partial charge in [0.15, 0.2) is 0 Å². The molecule has 0 spiro atoms. The van der Waals surface area contributed by atoms with Gasteiger partial charge in [-0.15, -0.1) is 0 Å². The largest absolute Gasteiger partial charge is 0.332 e. The van der Waals surface area contributed by atoms with Crippen LogP contribution in [0.15, 0.2) is 36.7 Å². The zero-order chi connectivity index (χ0) is 14.7. The van der Waals surface area contributed by atoms with E-state index in [2.05, 4.69) is 14.9 Å². The fourth-order valence-electron chi connectivity index (χ4n) is 2.72. The van der Waals surface area contributed by atoms with Crippen molar-refractivity contribution < 1.29 is 4.79 Å². The lowest BCUT2D eigenvalue weighted by Gasteiger charge is -2.28. The molecule has 110 valence electrons. The average molecular weight is 284 g/mol. The predicted octanol–water partition coefficient (Wildman–Crippen LogP) is 1.30. The zero-order valence-corrected chi connectivity index (χ0v) is 12.2. The summed E-state index contributed by atoms with van der Waals surface area (Å²) in [6.45, 7) is 3.02. The van der Waals surface area contributed by atoms with Crippen molar-refractivity contribution in [3.63, 3.8) is 0 Å². The molecule has 0 aliphatic carbocycles. The fraction of sp³-hybridized carbons (Fsp3) is 0.375. The van der Waals surface area contributed by atoms with Gasteiger partial charge in [0.25, 0.3) is 5.91 Å². The molecule has 1 N–H and O–H groups in total. The summed E-state index contributed by atoms with van der Waals surface area (Å²) in [6, 6.07) is 7.88. The Morgan fingerprint density at radius 3 is 3.05 bits per heavy atom. The molecular formula is C16H20N4O. The fourth-order valence-corrected chi connectivity index (χ4v) is 2.72. The first-order chi connectivity index (χ1) is 10.3. The van der Waals surface area contributed by atoms with E-state index in [4.69, 9.17) is 0 Å². The molecular weight excluding hydrogens is 264 g/mol. The van der Waals surface area contributed by atoms with E-state index in [-0.39, 0.29) is 5.91 Å². The molecule has 5 nitrogen and oxygen atoms in total. The van der Waals surface area contributed by atoms with Crippen LogP contribution < -0.4 is 5.32 Å². The Morgan fingerprint density at radius 2 is 2.19 bits per heavy atom. The lowest BCUT2D eigenvalue weighted by Crippen LogP contribution is -2.38. The molecule has 1 aromatic heterocycles. The minimum absolute atomic E-state index is 0.107. The van der Waals surface area contributed by atoms with E-state index in [0.29, 0.717) is 6.54 Å². The predicted molar refractivity (Wildman–Crippen MR) is 81.0 cm³/mol. The molecule has 2 aromatic rings. The molecule has 21 heavy (non-hydrogen) atoms. The zero-order valence-electron chi connectivity index (χ0n) is 12.2. The summed E-state index contributed by atoms with van der Waals surface area (Å²) in [4.78, 5) is 19.0. The molecule has 2 heterocycles. The molecule has 0 saturated heterocycles. The number of fused-ring (bicyclic) bond motifs is 1. The normalized spacial score (nSPS) is 14.0. The van der Waals surface area contributed by atoms with Crippen LogP contribution in [0.3, 0.4) is 0 Å². The molecule has 1 aliphatic heterocycles. The topological polar surface area (TPSA) is 50.2 Å². The van der Waals surface area contributed by atoms with Gasteiger partial charge >= 0.3 is 0 Å². The molecule has 3 rings (SSSR count). The maximum absolute atomic E-state index is 12.8. The lowest BCUT2D eigenvalue weighted by molar-refractivity contribution is 0.0706. The van der Waals surface area contributed by atoms with Crippen molar-refractivity contribution in [1.82, 2.24) is 19.8 Å². The second kappa shape index (κ2) is 6.10. The second-order valence-electron chi connectivity index (χ2n) is 5.27. The number of hydrogen-bond acceptors (Lipinski definition) is 3. The molecule has 0 saturated carbocycles. The highest BCUT2D eigenvalue weighted by Crippen LogP contribution is 2.17. The van der Waals surface area contributed by atoms with Crippen LogP contribution >= 0.6 is 0 Å². The van der Waals surface area contributed by atoms with Crippen molar-refractivity contribution in [2.75, 3.05) is 20.1 Å². The number of aromatic nitrogens is 2. The number of imidazole rings is 1. The maximum Gasteiger partial charge on any atom is 0.254 e. The van der Waals surface area contributed by atoms with E-state index >= 15 is 0 Å². The van der Waals surface area contributed by atoms with Gasteiger partial charge in [-0.3, -0.25) is 4.79 Å².